The molecule has 1 aliphatic heterocycles. The first-order valence-electron chi connectivity index (χ1n) is 5.28. The van der Waals surface area contributed by atoms with Gasteiger partial charge in [-0.1, -0.05) is 19.9 Å². The van der Waals surface area contributed by atoms with Crippen LogP contribution in [0, 0.1) is 6.92 Å². The molecular weight excluding hydrogens is 172 g/mol. The zero-order chi connectivity index (χ0) is 10.7. The van der Waals surface area contributed by atoms with Crippen LogP contribution in [0.25, 0.3) is 0 Å². The van der Waals surface area contributed by atoms with Gasteiger partial charge in [0.15, 0.2) is 0 Å². The maximum atomic E-state index is 3.40. The van der Waals surface area contributed by atoms with Crippen LogP contribution in [0.2, 0.25) is 0 Å². The van der Waals surface area contributed by atoms with Crippen LogP contribution in [0.4, 0.5) is 11.4 Å². The van der Waals surface area contributed by atoms with Crippen molar-refractivity contribution in [3.05, 3.63) is 23.8 Å². The van der Waals surface area contributed by atoms with Crippen LogP contribution in [0.5, 0.6) is 0 Å². The predicted octanol–water partition coefficient (Wildman–Crippen LogP) is 3.23. The van der Waals surface area contributed by atoms with Gasteiger partial charge in [0, 0.05) is 7.05 Å². The van der Waals surface area contributed by atoms with Crippen LogP contribution < -0.4 is 10.2 Å². The summed E-state index contributed by atoms with van der Waals surface area (Å²) in [7, 11) is 2.11. The number of aryl methyl sites for hydroxylation is 1. The van der Waals surface area contributed by atoms with E-state index in [9.17, 15) is 0 Å². The highest BCUT2D eigenvalue weighted by Crippen LogP contribution is 2.33. The SMILES string of the molecule is CC.Cc1ccc2c(c1)N(C)C(C)N2. The van der Waals surface area contributed by atoms with Crippen LogP contribution in [0.3, 0.4) is 0 Å². The first-order chi connectivity index (χ1) is 6.68. The number of fused-ring (bicyclic) bond motifs is 1. The van der Waals surface area contributed by atoms with E-state index in [4.69, 9.17) is 0 Å². The van der Waals surface area contributed by atoms with E-state index < -0.39 is 0 Å². The molecule has 0 saturated carbocycles. The molecule has 1 unspecified atom stereocenters. The lowest BCUT2D eigenvalue weighted by Gasteiger charge is -2.17. The number of benzene rings is 1. The van der Waals surface area contributed by atoms with Crippen LogP contribution in [0.15, 0.2) is 18.2 Å². The van der Waals surface area contributed by atoms with E-state index in [0.29, 0.717) is 6.17 Å². The van der Waals surface area contributed by atoms with E-state index in [1.54, 1.807) is 0 Å². The quantitative estimate of drug-likeness (QED) is 0.679. The summed E-state index contributed by atoms with van der Waals surface area (Å²) in [6.07, 6.45) is 0.418. The predicted molar refractivity (Wildman–Crippen MR) is 64.0 cm³/mol. The minimum Gasteiger partial charge on any atom is -0.364 e. The van der Waals surface area contributed by atoms with Gasteiger partial charge in [0.1, 0.15) is 0 Å². The Kier molecular flexibility index (Phi) is 3.39. The van der Waals surface area contributed by atoms with Crippen molar-refractivity contribution in [1.29, 1.82) is 0 Å². The zero-order valence-corrected chi connectivity index (χ0v) is 9.76. The van der Waals surface area contributed by atoms with Gasteiger partial charge < -0.3 is 10.2 Å². The Balaban J connectivity index is 0.000000461. The van der Waals surface area contributed by atoms with Crippen LogP contribution in [-0.2, 0) is 0 Å². The summed E-state index contributed by atoms with van der Waals surface area (Å²) in [6.45, 7) is 8.28. The fraction of sp³-hybridized carbons (Fsp3) is 0.500. The summed E-state index contributed by atoms with van der Waals surface area (Å²) >= 11 is 0. The molecule has 0 saturated heterocycles. The van der Waals surface area contributed by atoms with Crippen molar-refractivity contribution in [2.75, 3.05) is 17.3 Å². The van der Waals surface area contributed by atoms with Gasteiger partial charge in [-0.25, -0.2) is 0 Å². The van der Waals surface area contributed by atoms with Crippen molar-refractivity contribution in [2.45, 2.75) is 33.9 Å². The van der Waals surface area contributed by atoms with Crippen molar-refractivity contribution in [3.63, 3.8) is 0 Å². The molecule has 1 N–H and O–H groups in total. The summed E-state index contributed by atoms with van der Waals surface area (Å²) in [5.41, 5.74) is 3.87. The highest BCUT2D eigenvalue weighted by atomic mass is 15.3. The highest BCUT2D eigenvalue weighted by molar-refractivity contribution is 5.76. The molecule has 2 heteroatoms. The van der Waals surface area contributed by atoms with E-state index >= 15 is 0 Å². The molecule has 0 spiro atoms. The number of hydrogen-bond donors (Lipinski definition) is 1. The molecule has 0 bridgehead atoms. The first-order valence-corrected chi connectivity index (χ1v) is 5.28. The molecule has 0 amide bonds. The third-order valence-electron chi connectivity index (χ3n) is 2.48. The Morgan fingerprint density at radius 1 is 1.29 bits per heavy atom. The summed E-state index contributed by atoms with van der Waals surface area (Å²) in [4.78, 5) is 2.25. The molecule has 14 heavy (non-hydrogen) atoms. The maximum absolute atomic E-state index is 3.40. The molecule has 0 aliphatic carbocycles. The van der Waals surface area contributed by atoms with Gasteiger partial charge in [-0.2, -0.15) is 0 Å². The van der Waals surface area contributed by atoms with Crippen molar-refractivity contribution in [3.8, 4) is 0 Å². The van der Waals surface area contributed by atoms with Crippen LogP contribution in [-0.4, -0.2) is 13.2 Å². The molecular formula is C12H20N2. The van der Waals surface area contributed by atoms with Crippen molar-refractivity contribution >= 4 is 11.4 Å². The van der Waals surface area contributed by atoms with E-state index in [1.807, 2.05) is 13.8 Å². The lowest BCUT2D eigenvalue weighted by molar-refractivity contribution is 0.806. The van der Waals surface area contributed by atoms with E-state index in [-0.39, 0.29) is 0 Å². The standard InChI is InChI=1S/C10H14N2.C2H6/c1-7-4-5-9-10(6-7)12(3)8(2)11-9;1-2/h4-6,8,11H,1-3H3;1-2H3. The average Bonchev–Trinajstić information content (AvgIpc) is 2.48. The highest BCUT2D eigenvalue weighted by Gasteiger charge is 2.20. The fourth-order valence-corrected chi connectivity index (χ4v) is 1.59. The van der Waals surface area contributed by atoms with Crippen LogP contribution in [0.1, 0.15) is 26.3 Å². The second-order valence-corrected chi connectivity index (χ2v) is 3.45. The Labute approximate surface area is 86.9 Å². The van der Waals surface area contributed by atoms with Crippen LogP contribution >= 0.6 is 0 Å². The third-order valence-corrected chi connectivity index (χ3v) is 2.48. The fourth-order valence-electron chi connectivity index (χ4n) is 1.59. The molecule has 2 nitrogen and oxygen atoms in total. The Bertz CT molecular complexity index is 307. The number of rotatable bonds is 0. The Hall–Kier alpha value is -1.18. The molecule has 78 valence electrons. The second kappa shape index (κ2) is 4.36. The molecule has 1 heterocycles. The third kappa shape index (κ3) is 1.84. The smallest absolute Gasteiger partial charge is 0.0959 e. The number of nitrogens with zero attached hydrogens (tertiary/aromatic N) is 1. The second-order valence-electron chi connectivity index (χ2n) is 3.45. The maximum Gasteiger partial charge on any atom is 0.0959 e. The Morgan fingerprint density at radius 2 is 1.93 bits per heavy atom. The van der Waals surface area contributed by atoms with Gasteiger partial charge in [0.2, 0.25) is 0 Å². The van der Waals surface area contributed by atoms with E-state index in [2.05, 4.69) is 49.3 Å². The van der Waals surface area contributed by atoms with Gasteiger partial charge in [-0.15, -0.1) is 0 Å². The molecule has 1 atom stereocenters. The molecule has 0 aromatic heterocycles. The summed E-state index contributed by atoms with van der Waals surface area (Å²) in [6, 6.07) is 6.49. The van der Waals surface area contributed by atoms with E-state index in [0.717, 1.165) is 0 Å². The molecule has 1 aromatic rings. The summed E-state index contributed by atoms with van der Waals surface area (Å²) in [5.74, 6) is 0. The number of nitrogens with one attached hydrogen (secondary N) is 1. The average molecular weight is 192 g/mol. The normalized spacial score (nSPS) is 18.1. The molecule has 0 radical (unpaired) electrons. The summed E-state index contributed by atoms with van der Waals surface area (Å²) < 4.78 is 0. The molecule has 1 aliphatic rings. The van der Waals surface area contributed by atoms with Gasteiger partial charge in [0.25, 0.3) is 0 Å². The molecule has 1 aromatic carbocycles. The minimum absolute atomic E-state index is 0.418. The van der Waals surface area contributed by atoms with Gasteiger partial charge >= 0.3 is 0 Å². The minimum atomic E-state index is 0.418. The van der Waals surface area contributed by atoms with Gasteiger partial charge in [0.05, 0.1) is 17.5 Å². The van der Waals surface area contributed by atoms with Crippen molar-refractivity contribution < 1.29 is 0 Å². The lowest BCUT2D eigenvalue weighted by atomic mass is 10.2. The topological polar surface area (TPSA) is 15.3 Å². The Morgan fingerprint density at radius 3 is 2.57 bits per heavy atom. The largest absolute Gasteiger partial charge is 0.364 e. The first kappa shape index (κ1) is 10.9. The molecule has 0 fully saturated rings. The zero-order valence-electron chi connectivity index (χ0n) is 9.76. The van der Waals surface area contributed by atoms with Gasteiger partial charge in [-0.05, 0) is 31.5 Å². The summed E-state index contributed by atoms with van der Waals surface area (Å²) in [5, 5.41) is 3.40. The number of anilines is 2. The monoisotopic (exact) mass is 192 g/mol. The van der Waals surface area contributed by atoms with Crippen molar-refractivity contribution in [2.24, 2.45) is 0 Å². The van der Waals surface area contributed by atoms with E-state index in [1.165, 1.54) is 16.9 Å². The molecule has 2 rings (SSSR count). The van der Waals surface area contributed by atoms with Gasteiger partial charge in [-0.3, -0.25) is 0 Å². The van der Waals surface area contributed by atoms with Crippen molar-refractivity contribution in [1.82, 2.24) is 0 Å². The number of hydrogen-bond acceptors (Lipinski definition) is 2. The lowest BCUT2D eigenvalue weighted by Crippen LogP contribution is -2.28.